The Morgan fingerprint density at radius 2 is 1.89 bits per heavy atom. The van der Waals surface area contributed by atoms with Gasteiger partial charge in [-0.1, -0.05) is 36.4 Å². The first-order valence-electron chi connectivity index (χ1n) is 6.70. The third-order valence-corrected chi connectivity index (χ3v) is 3.85. The summed E-state index contributed by atoms with van der Waals surface area (Å²) in [5, 5.41) is 5.81. The van der Waals surface area contributed by atoms with Gasteiger partial charge in [-0.25, -0.2) is 0 Å². The molecule has 1 aliphatic rings. The van der Waals surface area contributed by atoms with Gasteiger partial charge < -0.3 is 10.1 Å². The van der Waals surface area contributed by atoms with Crippen molar-refractivity contribution in [1.29, 1.82) is 0 Å². The summed E-state index contributed by atoms with van der Waals surface area (Å²) < 4.78 is 6.23. The summed E-state index contributed by atoms with van der Waals surface area (Å²) in [5.41, 5.74) is 0. The van der Waals surface area contributed by atoms with Crippen LogP contribution in [0.1, 0.15) is 19.3 Å². The van der Waals surface area contributed by atoms with Gasteiger partial charge in [0.05, 0.1) is 0 Å². The first kappa shape index (κ1) is 11.5. The third kappa shape index (κ3) is 2.08. The molecular formula is C16H19NO. The average Bonchev–Trinajstić information content (AvgIpc) is 2.86. The SMILES string of the molecule is CNC1CCCC1Oc1cccc2ccccc12. The maximum atomic E-state index is 6.23. The monoisotopic (exact) mass is 241 g/mol. The maximum Gasteiger partial charge on any atom is 0.127 e. The summed E-state index contributed by atoms with van der Waals surface area (Å²) in [6.07, 6.45) is 3.92. The molecule has 2 aromatic carbocycles. The van der Waals surface area contributed by atoms with Gasteiger partial charge in [0.25, 0.3) is 0 Å². The van der Waals surface area contributed by atoms with E-state index >= 15 is 0 Å². The Morgan fingerprint density at radius 1 is 1.06 bits per heavy atom. The first-order chi connectivity index (χ1) is 8.88. The Bertz CT molecular complexity index is 532. The molecule has 3 rings (SSSR count). The Labute approximate surface area is 108 Å². The lowest BCUT2D eigenvalue weighted by atomic mass is 10.1. The van der Waals surface area contributed by atoms with Crippen LogP contribution in [0.4, 0.5) is 0 Å². The molecule has 0 aromatic heterocycles. The molecule has 0 bridgehead atoms. The molecule has 0 amide bonds. The Hall–Kier alpha value is -1.54. The predicted molar refractivity (Wildman–Crippen MR) is 75.1 cm³/mol. The predicted octanol–water partition coefficient (Wildman–Crippen LogP) is 3.36. The van der Waals surface area contributed by atoms with E-state index in [1.54, 1.807) is 0 Å². The molecule has 1 aliphatic carbocycles. The van der Waals surface area contributed by atoms with Crippen LogP contribution in [0.3, 0.4) is 0 Å². The van der Waals surface area contributed by atoms with E-state index in [1.165, 1.54) is 23.6 Å². The van der Waals surface area contributed by atoms with Crippen LogP contribution in [0.25, 0.3) is 10.8 Å². The van der Waals surface area contributed by atoms with Crippen LogP contribution in [-0.4, -0.2) is 19.2 Å². The van der Waals surface area contributed by atoms with Crippen LogP contribution in [-0.2, 0) is 0 Å². The molecule has 2 unspecified atom stereocenters. The summed E-state index contributed by atoms with van der Waals surface area (Å²) in [6, 6.07) is 15.2. The minimum absolute atomic E-state index is 0.306. The van der Waals surface area contributed by atoms with Crippen molar-refractivity contribution in [2.45, 2.75) is 31.4 Å². The second-order valence-electron chi connectivity index (χ2n) is 4.96. The Morgan fingerprint density at radius 3 is 2.78 bits per heavy atom. The fraction of sp³-hybridized carbons (Fsp3) is 0.375. The lowest BCUT2D eigenvalue weighted by Gasteiger charge is -2.21. The summed E-state index contributed by atoms with van der Waals surface area (Å²) in [5.74, 6) is 1.01. The van der Waals surface area contributed by atoms with Gasteiger partial charge in [0.15, 0.2) is 0 Å². The zero-order valence-electron chi connectivity index (χ0n) is 10.7. The molecule has 1 fully saturated rings. The molecule has 0 aliphatic heterocycles. The lowest BCUT2D eigenvalue weighted by Crippen LogP contribution is -2.36. The second-order valence-corrected chi connectivity index (χ2v) is 4.96. The van der Waals surface area contributed by atoms with Gasteiger partial charge in [0.1, 0.15) is 11.9 Å². The third-order valence-electron chi connectivity index (χ3n) is 3.85. The van der Waals surface area contributed by atoms with E-state index in [9.17, 15) is 0 Å². The fourth-order valence-electron chi connectivity index (χ4n) is 2.86. The van der Waals surface area contributed by atoms with Crippen molar-refractivity contribution >= 4 is 10.8 Å². The quantitative estimate of drug-likeness (QED) is 0.889. The van der Waals surface area contributed by atoms with Crippen LogP contribution >= 0.6 is 0 Å². The van der Waals surface area contributed by atoms with Gasteiger partial charge >= 0.3 is 0 Å². The maximum absolute atomic E-state index is 6.23. The molecule has 2 atom stereocenters. The van der Waals surface area contributed by atoms with Crippen LogP contribution in [0.2, 0.25) is 0 Å². The van der Waals surface area contributed by atoms with Gasteiger partial charge in [0.2, 0.25) is 0 Å². The molecule has 0 saturated heterocycles. The van der Waals surface area contributed by atoms with E-state index in [0.717, 1.165) is 12.2 Å². The molecule has 1 N–H and O–H groups in total. The topological polar surface area (TPSA) is 21.3 Å². The number of ether oxygens (including phenoxy) is 1. The highest BCUT2D eigenvalue weighted by Crippen LogP contribution is 2.30. The van der Waals surface area contributed by atoms with Gasteiger partial charge in [-0.05, 0) is 37.8 Å². The average molecular weight is 241 g/mol. The van der Waals surface area contributed by atoms with Crippen molar-refractivity contribution < 1.29 is 4.74 Å². The van der Waals surface area contributed by atoms with Crippen LogP contribution in [0, 0.1) is 0 Å². The summed E-state index contributed by atoms with van der Waals surface area (Å²) in [7, 11) is 2.02. The highest BCUT2D eigenvalue weighted by Gasteiger charge is 2.27. The highest BCUT2D eigenvalue weighted by atomic mass is 16.5. The molecule has 0 heterocycles. The van der Waals surface area contributed by atoms with Gasteiger partial charge in [-0.3, -0.25) is 0 Å². The summed E-state index contributed by atoms with van der Waals surface area (Å²) >= 11 is 0. The molecule has 0 spiro atoms. The number of hydrogen-bond donors (Lipinski definition) is 1. The number of likely N-dealkylation sites (N-methyl/N-ethyl adjacent to an activating group) is 1. The second kappa shape index (κ2) is 4.99. The van der Waals surface area contributed by atoms with Gasteiger partial charge in [-0.2, -0.15) is 0 Å². The summed E-state index contributed by atoms with van der Waals surface area (Å²) in [4.78, 5) is 0. The number of fused-ring (bicyclic) bond motifs is 1. The molecule has 18 heavy (non-hydrogen) atoms. The van der Waals surface area contributed by atoms with E-state index in [4.69, 9.17) is 4.74 Å². The largest absolute Gasteiger partial charge is 0.488 e. The van der Waals surface area contributed by atoms with E-state index < -0.39 is 0 Å². The van der Waals surface area contributed by atoms with Gasteiger partial charge in [0, 0.05) is 11.4 Å². The highest BCUT2D eigenvalue weighted by molar-refractivity contribution is 5.88. The molecular weight excluding hydrogens is 222 g/mol. The molecule has 2 heteroatoms. The zero-order chi connectivity index (χ0) is 12.4. The smallest absolute Gasteiger partial charge is 0.127 e. The number of benzene rings is 2. The van der Waals surface area contributed by atoms with E-state index in [2.05, 4.69) is 47.8 Å². The first-order valence-corrected chi connectivity index (χ1v) is 6.70. The van der Waals surface area contributed by atoms with Crippen molar-refractivity contribution in [2.75, 3.05) is 7.05 Å². The molecule has 2 nitrogen and oxygen atoms in total. The van der Waals surface area contributed by atoms with Crippen LogP contribution in [0.5, 0.6) is 5.75 Å². The number of hydrogen-bond acceptors (Lipinski definition) is 2. The van der Waals surface area contributed by atoms with Crippen molar-refractivity contribution in [1.82, 2.24) is 5.32 Å². The fourth-order valence-corrected chi connectivity index (χ4v) is 2.86. The lowest BCUT2D eigenvalue weighted by molar-refractivity contribution is 0.181. The molecule has 1 saturated carbocycles. The minimum Gasteiger partial charge on any atom is -0.488 e. The molecule has 0 radical (unpaired) electrons. The zero-order valence-corrected chi connectivity index (χ0v) is 10.7. The Balaban J connectivity index is 1.90. The van der Waals surface area contributed by atoms with Crippen molar-refractivity contribution in [2.24, 2.45) is 0 Å². The molecule has 94 valence electrons. The number of rotatable bonds is 3. The van der Waals surface area contributed by atoms with Crippen LogP contribution in [0.15, 0.2) is 42.5 Å². The standard InChI is InChI=1S/C16H19NO/c1-17-14-9-5-11-16(14)18-15-10-4-7-12-6-2-3-8-13(12)15/h2-4,6-8,10,14,16-17H,5,9,11H2,1H3. The van der Waals surface area contributed by atoms with Crippen LogP contribution < -0.4 is 10.1 Å². The van der Waals surface area contributed by atoms with E-state index in [-0.39, 0.29) is 0 Å². The normalized spacial score (nSPS) is 23.4. The summed E-state index contributed by atoms with van der Waals surface area (Å²) in [6.45, 7) is 0. The van der Waals surface area contributed by atoms with Crippen molar-refractivity contribution in [3.05, 3.63) is 42.5 Å². The molecule has 2 aromatic rings. The van der Waals surface area contributed by atoms with E-state index in [1.807, 2.05) is 7.05 Å². The van der Waals surface area contributed by atoms with E-state index in [0.29, 0.717) is 12.1 Å². The number of nitrogens with one attached hydrogen (secondary N) is 1. The van der Waals surface area contributed by atoms with Gasteiger partial charge in [-0.15, -0.1) is 0 Å². The van der Waals surface area contributed by atoms with Crippen molar-refractivity contribution in [3.8, 4) is 5.75 Å². The van der Waals surface area contributed by atoms with Crippen molar-refractivity contribution in [3.63, 3.8) is 0 Å². The Kier molecular flexibility index (Phi) is 3.20. The minimum atomic E-state index is 0.306.